The van der Waals surface area contributed by atoms with Crippen molar-refractivity contribution in [2.75, 3.05) is 25.6 Å². The molecule has 22 heavy (non-hydrogen) atoms. The van der Waals surface area contributed by atoms with E-state index in [4.69, 9.17) is 15.2 Å². The van der Waals surface area contributed by atoms with Gasteiger partial charge in [0.05, 0.1) is 12.1 Å². The number of methoxy groups -OCH3 is 1. The number of amides is 1. The van der Waals surface area contributed by atoms with Crippen LogP contribution in [0.2, 0.25) is 0 Å². The second-order valence-corrected chi connectivity index (χ2v) is 5.34. The maximum Gasteiger partial charge on any atom is 0.244 e. The molecule has 0 heterocycles. The lowest BCUT2D eigenvalue weighted by atomic mass is 9.96. The number of hydrogen-bond acceptors (Lipinski definition) is 4. The number of hydrogen-bond donors (Lipinski definition) is 2. The first kappa shape index (κ1) is 20.7. The van der Waals surface area contributed by atoms with Crippen LogP contribution in [-0.2, 0) is 9.53 Å². The largest absolute Gasteiger partial charge is 0.493 e. The summed E-state index contributed by atoms with van der Waals surface area (Å²) in [6, 6.07) is 7.32. The summed E-state index contributed by atoms with van der Waals surface area (Å²) in [7, 11) is 1.66. The first-order valence-corrected chi connectivity index (χ1v) is 7.31. The molecule has 1 aromatic carbocycles. The molecule has 0 fully saturated rings. The van der Waals surface area contributed by atoms with E-state index in [2.05, 4.69) is 5.32 Å². The van der Waals surface area contributed by atoms with Crippen molar-refractivity contribution in [1.29, 1.82) is 0 Å². The van der Waals surface area contributed by atoms with E-state index in [1.54, 1.807) is 20.1 Å². The number of anilines is 1. The zero-order chi connectivity index (χ0) is 15.7. The minimum absolute atomic E-state index is 0. The summed E-state index contributed by atoms with van der Waals surface area (Å²) in [5, 5.41) is 2.84. The van der Waals surface area contributed by atoms with Crippen molar-refractivity contribution in [2.45, 2.75) is 38.6 Å². The second kappa shape index (κ2) is 10.4. The normalized spacial score (nSPS) is 12.9. The molecule has 0 radical (unpaired) electrons. The molecule has 1 unspecified atom stereocenters. The van der Waals surface area contributed by atoms with E-state index >= 15 is 0 Å². The number of nitrogens with two attached hydrogens (primary N) is 1. The monoisotopic (exact) mass is 330 g/mol. The van der Waals surface area contributed by atoms with Crippen LogP contribution in [0.3, 0.4) is 0 Å². The van der Waals surface area contributed by atoms with Crippen molar-refractivity contribution in [1.82, 2.24) is 0 Å². The van der Waals surface area contributed by atoms with Crippen LogP contribution in [0.4, 0.5) is 5.69 Å². The van der Waals surface area contributed by atoms with Gasteiger partial charge in [0.25, 0.3) is 0 Å². The van der Waals surface area contributed by atoms with E-state index in [0.29, 0.717) is 25.3 Å². The molecule has 0 saturated heterocycles. The fraction of sp³-hybridized carbons (Fsp3) is 0.562. The van der Waals surface area contributed by atoms with Crippen molar-refractivity contribution < 1.29 is 14.3 Å². The highest BCUT2D eigenvalue weighted by Gasteiger charge is 2.27. The van der Waals surface area contributed by atoms with Crippen LogP contribution in [0.15, 0.2) is 24.3 Å². The average molecular weight is 331 g/mol. The van der Waals surface area contributed by atoms with Crippen LogP contribution in [-0.4, -0.2) is 31.8 Å². The highest BCUT2D eigenvalue weighted by Crippen LogP contribution is 2.19. The molecule has 5 nitrogen and oxygen atoms in total. The van der Waals surface area contributed by atoms with Gasteiger partial charge in [0.1, 0.15) is 5.75 Å². The molecule has 1 rings (SSSR count). The number of halogens is 1. The Morgan fingerprint density at radius 2 is 2.09 bits per heavy atom. The van der Waals surface area contributed by atoms with Gasteiger partial charge in [-0.25, -0.2) is 0 Å². The zero-order valence-electron chi connectivity index (χ0n) is 13.6. The highest BCUT2D eigenvalue weighted by atomic mass is 35.5. The molecule has 0 aliphatic rings. The van der Waals surface area contributed by atoms with E-state index in [0.717, 1.165) is 18.6 Å². The van der Waals surface area contributed by atoms with Gasteiger partial charge in [-0.05, 0) is 25.5 Å². The maximum absolute atomic E-state index is 12.1. The van der Waals surface area contributed by atoms with Gasteiger partial charge in [-0.1, -0.05) is 19.4 Å². The highest BCUT2D eigenvalue weighted by molar-refractivity contribution is 5.97. The van der Waals surface area contributed by atoms with Gasteiger partial charge in [-0.2, -0.15) is 0 Å². The maximum atomic E-state index is 12.1. The van der Waals surface area contributed by atoms with Gasteiger partial charge in [0.2, 0.25) is 5.91 Å². The SMILES string of the molecule is CCCC(C)(N)C(=O)Nc1cccc(OCCCOC)c1.Cl. The predicted octanol–water partition coefficient (Wildman–Crippen LogP) is 2.98. The van der Waals surface area contributed by atoms with Crippen LogP contribution in [0.5, 0.6) is 5.75 Å². The van der Waals surface area contributed by atoms with E-state index in [1.165, 1.54) is 0 Å². The third kappa shape index (κ3) is 7.11. The Labute approximate surface area is 139 Å². The molecule has 1 atom stereocenters. The summed E-state index contributed by atoms with van der Waals surface area (Å²) < 4.78 is 10.6. The number of carbonyl (C=O) groups is 1. The summed E-state index contributed by atoms with van der Waals surface area (Å²) >= 11 is 0. The van der Waals surface area contributed by atoms with Crippen LogP contribution >= 0.6 is 12.4 Å². The van der Waals surface area contributed by atoms with Crippen LogP contribution < -0.4 is 15.8 Å². The molecule has 0 aromatic heterocycles. The lowest BCUT2D eigenvalue weighted by molar-refractivity contribution is -0.120. The number of benzene rings is 1. The number of ether oxygens (including phenoxy) is 2. The standard InChI is InChI=1S/C16H26N2O3.ClH/c1-4-9-16(2,17)15(19)18-13-7-5-8-14(12-13)21-11-6-10-20-3;/h5,7-8,12H,4,6,9-11,17H2,1-3H3,(H,18,19);1H. The lowest BCUT2D eigenvalue weighted by Gasteiger charge is -2.23. The molecule has 0 aliphatic heterocycles. The third-order valence-electron chi connectivity index (χ3n) is 3.14. The average Bonchev–Trinajstić information content (AvgIpc) is 2.44. The smallest absolute Gasteiger partial charge is 0.244 e. The molecule has 0 saturated carbocycles. The van der Waals surface area contributed by atoms with Gasteiger partial charge < -0.3 is 20.5 Å². The van der Waals surface area contributed by atoms with Crippen molar-refractivity contribution in [3.63, 3.8) is 0 Å². The molecular weight excluding hydrogens is 304 g/mol. The van der Waals surface area contributed by atoms with Crippen molar-refractivity contribution in [2.24, 2.45) is 5.73 Å². The molecule has 0 bridgehead atoms. The molecule has 3 N–H and O–H groups in total. The van der Waals surface area contributed by atoms with Gasteiger partial charge in [-0.3, -0.25) is 4.79 Å². The van der Waals surface area contributed by atoms with E-state index < -0.39 is 5.54 Å². The quantitative estimate of drug-likeness (QED) is 0.683. The predicted molar refractivity (Wildman–Crippen MR) is 91.8 cm³/mol. The molecule has 1 aromatic rings. The van der Waals surface area contributed by atoms with E-state index in [9.17, 15) is 4.79 Å². The number of rotatable bonds is 9. The molecule has 1 amide bonds. The van der Waals surface area contributed by atoms with Crippen molar-refractivity contribution in [3.05, 3.63) is 24.3 Å². The van der Waals surface area contributed by atoms with Crippen LogP contribution in [0.25, 0.3) is 0 Å². The number of carbonyl (C=O) groups excluding carboxylic acids is 1. The molecule has 0 spiro atoms. The fourth-order valence-corrected chi connectivity index (χ4v) is 1.96. The topological polar surface area (TPSA) is 73.6 Å². The summed E-state index contributed by atoms with van der Waals surface area (Å²) in [5.74, 6) is 0.541. The minimum Gasteiger partial charge on any atom is -0.493 e. The first-order chi connectivity index (χ1) is 9.99. The molecule has 6 heteroatoms. The number of nitrogens with one attached hydrogen (secondary N) is 1. The van der Waals surface area contributed by atoms with Crippen molar-refractivity contribution in [3.8, 4) is 5.75 Å². The molecule has 126 valence electrons. The lowest BCUT2D eigenvalue weighted by Crippen LogP contribution is -2.48. The Balaban J connectivity index is 0.00000441. The Morgan fingerprint density at radius 1 is 1.36 bits per heavy atom. The third-order valence-corrected chi connectivity index (χ3v) is 3.14. The van der Waals surface area contributed by atoms with Gasteiger partial charge in [0, 0.05) is 31.9 Å². The second-order valence-electron chi connectivity index (χ2n) is 5.34. The summed E-state index contributed by atoms with van der Waals surface area (Å²) in [6.45, 7) is 5.00. The zero-order valence-corrected chi connectivity index (χ0v) is 14.4. The minimum atomic E-state index is -0.857. The van der Waals surface area contributed by atoms with Gasteiger partial charge in [-0.15, -0.1) is 12.4 Å². The summed E-state index contributed by atoms with van der Waals surface area (Å²) in [5.41, 5.74) is 5.85. The van der Waals surface area contributed by atoms with Gasteiger partial charge in [0.15, 0.2) is 0 Å². The summed E-state index contributed by atoms with van der Waals surface area (Å²) in [4.78, 5) is 12.1. The Hall–Kier alpha value is -1.30. The van der Waals surface area contributed by atoms with E-state index in [1.807, 2.05) is 25.1 Å². The molecule has 0 aliphatic carbocycles. The Kier molecular flexibility index (Phi) is 9.81. The van der Waals surface area contributed by atoms with Crippen LogP contribution in [0.1, 0.15) is 33.1 Å². The van der Waals surface area contributed by atoms with Crippen LogP contribution in [0, 0.1) is 0 Å². The fourth-order valence-electron chi connectivity index (χ4n) is 1.96. The van der Waals surface area contributed by atoms with Crippen molar-refractivity contribution >= 4 is 24.0 Å². The Morgan fingerprint density at radius 3 is 2.73 bits per heavy atom. The van der Waals surface area contributed by atoms with Gasteiger partial charge >= 0.3 is 0 Å². The van der Waals surface area contributed by atoms with E-state index in [-0.39, 0.29) is 18.3 Å². The Bertz CT molecular complexity index is 453. The first-order valence-electron chi connectivity index (χ1n) is 7.31. The molecular formula is C16H27ClN2O3. The summed E-state index contributed by atoms with van der Waals surface area (Å²) in [6.07, 6.45) is 2.33.